The second-order valence-electron chi connectivity index (χ2n) is 7.79. The SMILES string of the molecule is CC(C)C1NC(=O)C(C(C)(C)C)N(CC2CCC2)C1=O. The van der Waals surface area contributed by atoms with E-state index in [-0.39, 0.29) is 35.2 Å². The number of hydrogen-bond donors (Lipinski definition) is 1. The second kappa shape index (κ2) is 5.38. The summed E-state index contributed by atoms with van der Waals surface area (Å²) >= 11 is 0. The monoisotopic (exact) mass is 280 g/mol. The molecule has 0 aromatic rings. The van der Waals surface area contributed by atoms with Crippen molar-refractivity contribution in [1.29, 1.82) is 0 Å². The molecule has 4 nitrogen and oxygen atoms in total. The van der Waals surface area contributed by atoms with Gasteiger partial charge in [-0.3, -0.25) is 9.59 Å². The lowest BCUT2D eigenvalue weighted by Gasteiger charge is -2.47. The lowest BCUT2D eigenvalue weighted by molar-refractivity contribution is -0.156. The molecule has 0 bridgehead atoms. The predicted octanol–water partition coefficient (Wildman–Crippen LogP) is 2.18. The molecular formula is C16H28N2O2. The summed E-state index contributed by atoms with van der Waals surface area (Å²) in [5.41, 5.74) is -0.231. The van der Waals surface area contributed by atoms with Crippen molar-refractivity contribution in [3.8, 4) is 0 Å². The Hall–Kier alpha value is -1.06. The number of rotatable bonds is 3. The highest BCUT2D eigenvalue weighted by molar-refractivity contribution is 5.97. The maximum Gasteiger partial charge on any atom is 0.246 e. The average Bonchev–Trinajstić information content (AvgIpc) is 2.24. The molecule has 1 N–H and O–H groups in total. The number of nitrogens with one attached hydrogen (secondary N) is 1. The van der Waals surface area contributed by atoms with Crippen LogP contribution < -0.4 is 5.32 Å². The summed E-state index contributed by atoms with van der Waals surface area (Å²) < 4.78 is 0. The van der Waals surface area contributed by atoms with E-state index < -0.39 is 0 Å². The van der Waals surface area contributed by atoms with Gasteiger partial charge in [0, 0.05) is 6.54 Å². The van der Waals surface area contributed by atoms with Crippen LogP contribution in [-0.4, -0.2) is 35.3 Å². The van der Waals surface area contributed by atoms with Gasteiger partial charge in [-0.2, -0.15) is 0 Å². The summed E-state index contributed by atoms with van der Waals surface area (Å²) in [6, 6.07) is -0.702. The van der Waals surface area contributed by atoms with Crippen LogP contribution in [0.4, 0.5) is 0 Å². The van der Waals surface area contributed by atoms with E-state index in [1.165, 1.54) is 19.3 Å². The van der Waals surface area contributed by atoms with Crippen LogP contribution in [0.3, 0.4) is 0 Å². The number of piperazine rings is 1. The predicted molar refractivity (Wildman–Crippen MR) is 79.1 cm³/mol. The first-order chi connectivity index (χ1) is 9.21. The molecule has 0 radical (unpaired) electrons. The molecule has 1 heterocycles. The highest BCUT2D eigenvalue weighted by atomic mass is 16.2. The van der Waals surface area contributed by atoms with Crippen molar-refractivity contribution in [3.05, 3.63) is 0 Å². The van der Waals surface area contributed by atoms with Crippen molar-refractivity contribution < 1.29 is 9.59 Å². The van der Waals surface area contributed by atoms with E-state index in [0.717, 1.165) is 6.54 Å². The number of nitrogens with zero attached hydrogens (tertiary/aromatic N) is 1. The summed E-state index contributed by atoms with van der Waals surface area (Å²) in [4.78, 5) is 27.1. The van der Waals surface area contributed by atoms with Crippen molar-refractivity contribution >= 4 is 11.8 Å². The molecule has 2 atom stereocenters. The largest absolute Gasteiger partial charge is 0.342 e. The Bertz CT molecular complexity index is 394. The summed E-state index contributed by atoms with van der Waals surface area (Å²) in [7, 11) is 0. The van der Waals surface area contributed by atoms with Gasteiger partial charge in [-0.05, 0) is 30.1 Å². The van der Waals surface area contributed by atoms with Crippen LogP contribution in [0.25, 0.3) is 0 Å². The molecule has 2 amide bonds. The number of carbonyl (C=O) groups is 2. The molecule has 0 spiro atoms. The minimum atomic E-state index is -0.360. The lowest BCUT2D eigenvalue weighted by Crippen LogP contribution is -2.68. The van der Waals surface area contributed by atoms with Gasteiger partial charge in [0.05, 0.1) is 0 Å². The fourth-order valence-electron chi connectivity index (χ4n) is 3.20. The van der Waals surface area contributed by atoms with Crippen LogP contribution >= 0.6 is 0 Å². The highest BCUT2D eigenvalue weighted by Crippen LogP contribution is 2.33. The van der Waals surface area contributed by atoms with Crippen LogP contribution in [0.5, 0.6) is 0 Å². The summed E-state index contributed by atoms with van der Waals surface area (Å²) in [6.07, 6.45) is 3.63. The molecule has 114 valence electrons. The summed E-state index contributed by atoms with van der Waals surface area (Å²) in [5, 5.41) is 2.93. The third kappa shape index (κ3) is 2.84. The zero-order valence-corrected chi connectivity index (χ0v) is 13.4. The zero-order chi connectivity index (χ0) is 15.1. The Kier molecular flexibility index (Phi) is 4.12. The molecule has 4 heteroatoms. The third-order valence-electron chi connectivity index (χ3n) is 4.57. The fourth-order valence-corrected chi connectivity index (χ4v) is 3.20. The Morgan fingerprint density at radius 1 is 1.25 bits per heavy atom. The van der Waals surface area contributed by atoms with E-state index in [0.29, 0.717) is 5.92 Å². The molecule has 0 aromatic carbocycles. The first kappa shape index (κ1) is 15.3. The topological polar surface area (TPSA) is 49.4 Å². The molecule has 0 aromatic heterocycles. The number of amides is 2. The van der Waals surface area contributed by atoms with Gasteiger partial charge in [0.1, 0.15) is 12.1 Å². The molecule has 1 saturated carbocycles. The Morgan fingerprint density at radius 2 is 1.85 bits per heavy atom. The minimum absolute atomic E-state index is 0.00937. The maximum atomic E-state index is 12.8. The van der Waals surface area contributed by atoms with Gasteiger partial charge in [-0.25, -0.2) is 0 Å². The van der Waals surface area contributed by atoms with Gasteiger partial charge < -0.3 is 10.2 Å². The third-order valence-corrected chi connectivity index (χ3v) is 4.57. The quantitative estimate of drug-likeness (QED) is 0.861. The van der Waals surface area contributed by atoms with Gasteiger partial charge in [-0.15, -0.1) is 0 Å². The smallest absolute Gasteiger partial charge is 0.246 e. The Labute approximate surface area is 122 Å². The van der Waals surface area contributed by atoms with Crippen LogP contribution in [0.15, 0.2) is 0 Å². The molecule has 1 aliphatic carbocycles. The zero-order valence-electron chi connectivity index (χ0n) is 13.4. The molecule has 1 saturated heterocycles. The lowest BCUT2D eigenvalue weighted by atomic mass is 9.79. The molecule has 2 fully saturated rings. The van der Waals surface area contributed by atoms with Crippen molar-refractivity contribution in [2.45, 2.75) is 66.0 Å². The second-order valence-corrected chi connectivity index (χ2v) is 7.79. The van der Waals surface area contributed by atoms with Gasteiger partial charge >= 0.3 is 0 Å². The van der Waals surface area contributed by atoms with Gasteiger partial charge in [0.15, 0.2) is 0 Å². The minimum Gasteiger partial charge on any atom is -0.342 e. The fraction of sp³-hybridized carbons (Fsp3) is 0.875. The van der Waals surface area contributed by atoms with E-state index in [4.69, 9.17) is 0 Å². The maximum absolute atomic E-state index is 12.8. The molecule has 2 unspecified atom stereocenters. The number of carbonyl (C=O) groups excluding carboxylic acids is 2. The van der Waals surface area contributed by atoms with Crippen molar-refractivity contribution in [2.24, 2.45) is 17.3 Å². The Balaban J connectivity index is 2.25. The van der Waals surface area contributed by atoms with Gasteiger partial charge in [0.2, 0.25) is 11.8 Å². The van der Waals surface area contributed by atoms with Crippen molar-refractivity contribution in [2.75, 3.05) is 6.54 Å². The normalized spacial score (nSPS) is 28.6. The van der Waals surface area contributed by atoms with E-state index in [1.807, 2.05) is 39.5 Å². The van der Waals surface area contributed by atoms with Crippen LogP contribution in [0.1, 0.15) is 53.9 Å². The first-order valence-electron chi connectivity index (χ1n) is 7.82. The molecule has 2 rings (SSSR count). The van der Waals surface area contributed by atoms with Crippen LogP contribution in [0.2, 0.25) is 0 Å². The molecule has 1 aliphatic heterocycles. The highest BCUT2D eigenvalue weighted by Gasteiger charge is 2.47. The Morgan fingerprint density at radius 3 is 2.25 bits per heavy atom. The van der Waals surface area contributed by atoms with E-state index in [2.05, 4.69) is 5.32 Å². The van der Waals surface area contributed by atoms with Gasteiger partial charge in [-0.1, -0.05) is 41.0 Å². The molecule has 2 aliphatic rings. The van der Waals surface area contributed by atoms with E-state index >= 15 is 0 Å². The average molecular weight is 280 g/mol. The van der Waals surface area contributed by atoms with E-state index in [9.17, 15) is 9.59 Å². The number of hydrogen-bond acceptors (Lipinski definition) is 2. The molecular weight excluding hydrogens is 252 g/mol. The van der Waals surface area contributed by atoms with Crippen molar-refractivity contribution in [1.82, 2.24) is 10.2 Å². The van der Waals surface area contributed by atoms with Crippen LogP contribution in [-0.2, 0) is 9.59 Å². The van der Waals surface area contributed by atoms with Crippen molar-refractivity contribution in [3.63, 3.8) is 0 Å². The molecule has 20 heavy (non-hydrogen) atoms. The van der Waals surface area contributed by atoms with E-state index in [1.54, 1.807) is 0 Å². The van der Waals surface area contributed by atoms with Gasteiger partial charge in [0.25, 0.3) is 0 Å². The summed E-state index contributed by atoms with van der Waals surface area (Å²) in [6.45, 7) is 10.8. The first-order valence-corrected chi connectivity index (χ1v) is 7.82. The standard InChI is InChI=1S/C16H28N2O2/c1-10(2)12-15(20)18(9-11-7-6-8-11)13(14(19)17-12)16(3,4)5/h10-13H,6-9H2,1-5H3,(H,17,19). The summed E-state index contributed by atoms with van der Waals surface area (Å²) in [5.74, 6) is 0.834. The van der Waals surface area contributed by atoms with Crippen LogP contribution in [0, 0.1) is 17.3 Å².